The molecule has 0 unspecified atom stereocenters. The van der Waals surface area contributed by atoms with Crippen molar-refractivity contribution in [3.63, 3.8) is 0 Å². The number of hydrogen-bond acceptors (Lipinski definition) is 8. The number of fused-ring (bicyclic) bond motifs is 4. The molecule has 0 aliphatic rings. The molecular weight excluding hydrogens is 1180 g/mol. The third-order valence-corrected chi connectivity index (χ3v) is 17.1. The second kappa shape index (κ2) is 32.8. The quantitative estimate of drug-likeness (QED) is 0.0143. The number of amides is 8. The highest BCUT2D eigenvalue weighted by Gasteiger charge is 2.37. The summed E-state index contributed by atoms with van der Waals surface area (Å²) >= 11 is 0. The molecule has 9 atom stereocenters. The van der Waals surface area contributed by atoms with Crippen LogP contribution in [0.15, 0.2) is 122 Å². The number of guanidine groups is 1. The maximum atomic E-state index is 15.2. The van der Waals surface area contributed by atoms with E-state index in [1.54, 1.807) is 25.5 Å². The minimum Gasteiger partial charge on any atom is -0.368 e. The standard InChI is InChI=1S/C68H89N17O8/c1-5-39(4)59(67(93)81-55(60(71)86)31-41-35-76-50-22-11-7-18-45(41)50)85-63(89)53(25-14-15-27-69)79-62(88)54(26-16-28-74-68(72)73)80-64(90)56(29-38(2)3)83-66(92)58(33-43-37-78-52-24-13-9-20-47(43)52)84-65(91)57(32-42-36-77-51-23-12-8-19-46(42)51)82-61(87)48(70)30-40-34-75-49-21-10-6-17-44(40)49/h6-13,17-24,34-39,48,53-59,75-78H,5,14-16,25-33,69-70H2,1-4H3,(H2,71,86)(H,79,88)(H,80,90)(H,81,93)(H,82,87)(H,83,92)(H,84,91)(H,85,89)(H4,72,73,74)/p+3/t39-,48-,53-,54-,55-,56-,57-,58-,59-/m0/s1. The number of aromatic nitrogens is 4. The molecule has 0 aliphatic carbocycles. The highest BCUT2D eigenvalue weighted by Crippen LogP contribution is 2.24. The average molecular weight is 1280 g/mol. The van der Waals surface area contributed by atoms with Gasteiger partial charge in [0.05, 0.1) is 13.1 Å². The number of nitrogens with one attached hydrogen (secondary N) is 12. The second-order valence-electron chi connectivity index (χ2n) is 24.6. The molecule has 0 bridgehead atoms. The predicted octanol–water partition coefficient (Wildman–Crippen LogP) is 0.0104. The molecule has 24 N–H and O–H groups in total. The Balaban J connectivity index is 1.03. The number of aromatic amines is 4. The number of nitrogens with two attached hydrogens (primary N) is 3. The Kier molecular flexibility index (Phi) is 24.3. The zero-order valence-electron chi connectivity index (χ0n) is 53.4. The first-order valence-corrected chi connectivity index (χ1v) is 32.1. The number of benzene rings is 4. The van der Waals surface area contributed by atoms with Gasteiger partial charge in [-0.3, -0.25) is 54.8 Å². The summed E-state index contributed by atoms with van der Waals surface area (Å²) in [4.78, 5) is 132. The van der Waals surface area contributed by atoms with E-state index in [2.05, 4.69) is 73.6 Å². The van der Waals surface area contributed by atoms with Crippen molar-refractivity contribution >= 4 is 96.8 Å². The van der Waals surface area contributed by atoms with Crippen LogP contribution in [0.5, 0.6) is 0 Å². The van der Waals surface area contributed by atoms with Gasteiger partial charge in [-0.05, 0) is 96.9 Å². The van der Waals surface area contributed by atoms with Crippen LogP contribution >= 0.6 is 0 Å². The molecule has 25 heteroatoms. The molecular formula is C68H92N17O8+3. The van der Waals surface area contributed by atoms with Crippen molar-refractivity contribution in [1.82, 2.24) is 57.2 Å². The largest absolute Gasteiger partial charge is 0.368 e. The number of carbonyl (C=O) groups excluding carboxylic acids is 8. The molecule has 8 rings (SSSR count). The van der Waals surface area contributed by atoms with Crippen LogP contribution in [0, 0.1) is 11.8 Å². The van der Waals surface area contributed by atoms with Crippen LogP contribution in [-0.4, -0.2) is 135 Å². The topological polar surface area (TPSA) is 431 Å². The van der Waals surface area contributed by atoms with Gasteiger partial charge in [0.15, 0.2) is 6.04 Å². The maximum absolute atomic E-state index is 15.2. The normalized spacial score (nSPS) is 14.4. The SMILES string of the molecule is CC[C@H](C)[C@H](NC(=O)[C@H](CCCC[NH3+])NC(=O)[C@H](CCC[NH+]=C(N)N)NC(=O)[C@H](CC(C)C)NC(=O)[C@H](Cc1c[nH]c2ccccc12)NC(=O)[C@H](Cc1c[nH]c2ccccc12)NC(=O)[C@@H]([NH3+])Cc1c[nH]c2ccccc12)C(=O)N[C@@H](Cc1c[nH]c2ccccc12)C(N)=O. The molecule has 0 fully saturated rings. The van der Waals surface area contributed by atoms with Crippen molar-refractivity contribution in [3.05, 3.63) is 144 Å². The average Bonchev–Trinajstić information content (AvgIpc) is 1.93. The monoisotopic (exact) mass is 1270 g/mol. The van der Waals surface area contributed by atoms with E-state index in [4.69, 9.17) is 17.2 Å². The van der Waals surface area contributed by atoms with Gasteiger partial charge in [-0.1, -0.05) is 107 Å². The highest BCUT2D eigenvalue weighted by molar-refractivity contribution is 5.99. The first kappa shape index (κ1) is 68.9. The van der Waals surface area contributed by atoms with E-state index in [-0.39, 0.29) is 69.8 Å². The lowest BCUT2D eigenvalue weighted by Gasteiger charge is -2.29. The molecule has 93 heavy (non-hydrogen) atoms. The summed E-state index contributed by atoms with van der Waals surface area (Å²) in [5.74, 6) is -6.11. The molecule has 0 radical (unpaired) electrons. The lowest BCUT2D eigenvalue weighted by molar-refractivity contribution is -0.459. The number of para-hydroxylation sites is 4. The number of rotatable bonds is 35. The molecule has 0 spiro atoms. The fourth-order valence-electron chi connectivity index (χ4n) is 11.8. The minimum absolute atomic E-state index is 0.00888. The molecule has 4 aromatic heterocycles. The smallest absolute Gasteiger partial charge is 0.338 e. The summed E-state index contributed by atoms with van der Waals surface area (Å²) in [5, 5.41) is 23.7. The van der Waals surface area contributed by atoms with Crippen molar-refractivity contribution < 1.29 is 54.8 Å². The van der Waals surface area contributed by atoms with Crippen molar-refractivity contribution in [1.29, 1.82) is 0 Å². The van der Waals surface area contributed by atoms with Gasteiger partial charge in [-0.25, -0.2) is 0 Å². The Bertz CT molecular complexity index is 3920. The molecule has 0 saturated carbocycles. The van der Waals surface area contributed by atoms with Crippen LogP contribution in [0.1, 0.15) is 94.9 Å². The van der Waals surface area contributed by atoms with Gasteiger partial charge in [0.2, 0.25) is 41.4 Å². The molecule has 0 saturated heterocycles. The second-order valence-corrected chi connectivity index (χ2v) is 24.6. The fourth-order valence-corrected chi connectivity index (χ4v) is 11.8. The molecule has 25 nitrogen and oxygen atoms in total. The van der Waals surface area contributed by atoms with E-state index in [1.807, 2.05) is 124 Å². The molecule has 494 valence electrons. The first-order chi connectivity index (χ1) is 44.7. The first-order valence-electron chi connectivity index (χ1n) is 32.1. The third kappa shape index (κ3) is 18.6. The zero-order valence-corrected chi connectivity index (χ0v) is 53.4. The van der Waals surface area contributed by atoms with Crippen LogP contribution < -0.4 is 70.9 Å². The summed E-state index contributed by atoms with van der Waals surface area (Å²) in [6, 6.07) is 20.9. The molecule has 8 aromatic rings. The summed E-state index contributed by atoms with van der Waals surface area (Å²) in [6.45, 7) is 8.12. The Morgan fingerprint density at radius 3 is 1.25 bits per heavy atom. The van der Waals surface area contributed by atoms with Crippen LogP contribution in [0.3, 0.4) is 0 Å². The number of carbonyl (C=O) groups is 8. The van der Waals surface area contributed by atoms with E-state index in [9.17, 15) is 28.8 Å². The van der Waals surface area contributed by atoms with E-state index in [1.165, 1.54) is 0 Å². The molecule has 8 amide bonds. The molecule has 4 heterocycles. The molecule has 4 aromatic carbocycles. The van der Waals surface area contributed by atoms with E-state index in [0.717, 1.165) is 60.3 Å². The fraction of sp³-hybridized carbons (Fsp3) is 0.397. The number of quaternary nitrogens is 2. The summed E-state index contributed by atoms with van der Waals surface area (Å²) < 4.78 is 0. The van der Waals surface area contributed by atoms with Crippen molar-refractivity contribution in [2.45, 2.75) is 147 Å². The van der Waals surface area contributed by atoms with E-state index < -0.39 is 102 Å². The summed E-state index contributed by atoms with van der Waals surface area (Å²) in [6.07, 6.45) is 9.48. The van der Waals surface area contributed by atoms with Gasteiger partial charge in [0.25, 0.3) is 5.91 Å². The third-order valence-electron chi connectivity index (χ3n) is 17.1. The maximum Gasteiger partial charge on any atom is 0.338 e. The lowest BCUT2D eigenvalue weighted by Crippen LogP contribution is -2.78. The lowest BCUT2D eigenvalue weighted by atomic mass is 9.96. The van der Waals surface area contributed by atoms with Gasteiger partial charge in [-0.15, -0.1) is 0 Å². The number of unbranched alkanes of at least 4 members (excludes halogenated alkanes) is 1. The van der Waals surface area contributed by atoms with Crippen LogP contribution in [0.25, 0.3) is 43.6 Å². The molecule has 0 aliphatic heterocycles. The van der Waals surface area contributed by atoms with Crippen molar-refractivity contribution in [3.8, 4) is 0 Å². The van der Waals surface area contributed by atoms with Crippen molar-refractivity contribution in [2.75, 3.05) is 13.1 Å². The van der Waals surface area contributed by atoms with Gasteiger partial charge >= 0.3 is 5.96 Å². The number of H-pyrrole nitrogens is 4. The Hall–Kier alpha value is -10.0. The number of hydrogen-bond donors (Lipinski definition) is 17. The zero-order chi connectivity index (χ0) is 66.7. The van der Waals surface area contributed by atoms with Gasteiger partial charge < -0.3 is 74.4 Å². The van der Waals surface area contributed by atoms with Crippen LogP contribution in [0.4, 0.5) is 0 Å². The van der Waals surface area contributed by atoms with Gasteiger partial charge in [-0.2, -0.15) is 0 Å². The van der Waals surface area contributed by atoms with Crippen LogP contribution in [-0.2, 0) is 64.0 Å². The number of primary amides is 1. The summed E-state index contributed by atoms with van der Waals surface area (Å²) in [5.41, 5.74) is 31.9. The summed E-state index contributed by atoms with van der Waals surface area (Å²) in [7, 11) is 0. The van der Waals surface area contributed by atoms with E-state index >= 15 is 9.59 Å². The Morgan fingerprint density at radius 2 is 0.817 bits per heavy atom. The Morgan fingerprint density at radius 1 is 0.452 bits per heavy atom. The van der Waals surface area contributed by atoms with Gasteiger partial charge in [0, 0.05) is 94.1 Å². The highest BCUT2D eigenvalue weighted by atomic mass is 16.2. The van der Waals surface area contributed by atoms with Crippen molar-refractivity contribution in [2.24, 2.45) is 29.0 Å². The minimum atomic E-state index is -1.33. The van der Waals surface area contributed by atoms with Gasteiger partial charge in [0.1, 0.15) is 42.3 Å². The predicted molar refractivity (Wildman–Crippen MR) is 356 cm³/mol. The Labute approximate surface area is 539 Å². The van der Waals surface area contributed by atoms with E-state index in [0.29, 0.717) is 31.4 Å². The van der Waals surface area contributed by atoms with Crippen LogP contribution in [0.2, 0.25) is 0 Å².